The van der Waals surface area contributed by atoms with E-state index in [-0.39, 0.29) is 5.54 Å². The van der Waals surface area contributed by atoms with Crippen LogP contribution >= 0.6 is 11.8 Å². The molecule has 0 fully saturated rings. The lowest BCUT2D eigenvalue weighted by Crippen LogP contribution is -2.44. The van der Waals surface area contributed by atoms with E-state index in [0.29, 0.717) is 0 Å². The molecule has 0 N–H and O–H groups in total. The Kier molecular flexibility index (Phi) is 2.25. The molecule has 2 aliphatic heterocycles. The van der Waals surface area contributed by atoms with E-state index >= 15 is 0 Å². The maximum absolute atomic E-state index is 4.78. The van der Waals surface area contributed by atoms with Gasteiger partial charge in [0.1, 0.15) is 0 Å². The van der Waals surface area contributed by atoms with Crippen molar-refractivity contribution >= 4 is 23.2 Å². The number of hydrogen-bond acceptors (Lipinski definition) is 3. The van der Waals surface area contributed by atoms with Gasteiger partial charge >= 0.3 is 0 Å². The van der Waals surface area contributed by atoms with Crippen LogP contribution in [0.3, 0.4) is 0 Å². The van der Waals surface area contributed by atoms with Crippen molar-refractivity contribution in [2.24, 2.45) is 5.10 Å². The van der Waals surface area contributed by atoms with Crippen molar-refractivity contribution in [3.63, 3.8) is 0 Å². The number of nitrogens with zero attached hydrogens (tertiary/aromatic N) is 2. The number of para-hydroxylation sites is 1. The van der Waals surface area contributed by atoms with Crippen LogP contribution in [0.15, 0.2) is 34.3 Å². The lowest BCUT2D eigenvalue weighted by Gasteiger charge is -2.39. The number of thioether (sulfide) groups is 1. The van der Waals surface area contributed by atoms with Crippen LogP contribution in [0.1, 0.15) is 26.7 Å². The fourth-order valence-corrected chi connectivity index (χ4v) is 3.62. The number of hydrazone groups is 1. The van der Waals surface area contributed by atoms with Gasteiger partial charge in [-0.25, -0.2) is 0 Å². The fourth-order valence-electron chi connectivity index (χ4n) is 2.45. The van der Waals surface area contributed by atoms with E-state index in [1.54, 1.807) is 0 Å². The highest BCUT2D eigenvalue weighted by Gasteiger charge is 2.42. The van der Waals surface area contributed by atoms with Gasteiger partial charge in [0.2, 0.25) is 0 Å². The highest BCUT2D eigenvalue weighted by molar-refractivity contribution is 7.99. The van der Waals surface area contributed by atoms with Gasteiger partial charge in [-0.3, -0.25) is 5.01 Å². The quantitative estimate of drug-likeness (QED) is 0.736. The molecular formula is C13H16N2S. The Morgan fingerprint density at radius 2 is 2.25 bits per heavy atom. The summed E-state index contributed by atoms with van der Waals surface area (Å²) in [6.45, 7) is 4.52. The van der Waals surface area contributed by atoms with E-state index in [1.807, 2.05) is 11.8 Å². The predicted molar refractivity (Wildman–Crippen MR) is 70.4 cm³/mol. The first kappa shape index (κ1) is 10.2. The molecule has 2 nitrogen and oxygen atoms in total. The smallest absolute Gasteiger partial charge is 0.0753 e. The highest BCUT2D eigenvalue weighted by Crippen LogP contribution is 2.46. The molecule has 84 valence electrons. The van der Waals surface area contributed by atoms with Gasteiger partial charge < -0.3 is 0 Å². The molecule has 3 heteroatoms. The summed E-state index contributed by atoms with van der Waals surface area (Å²) in [5.41, 5.74) is 2.81. The van der Waals surface area contributed by atoms with Gasteiger partial charge in [-0.05, 0) is 25.5 Å². The number of benzene rings is 1. The molecule has 16 heavy (non-hydrogen) atoms. The molecule has 0 saturated carbocycles. The van der Waals surface area contributed by atoms with Crippen LogP contribution in [-0.4, -0.2) is 17.0 Å². The summed E-state index contributed by atoms with van der Waals surface area (Å²) in [4.78, 5) is 1.36. The van der Waals surface area contributed by atoms with E-state index in [1.165, 1.54) is 16.3 Å². The molecule has 1 aromatic carbocycles. The first-order valence-electron chi connectivity index (χ1n) is 5.81. The SMILES string of the molecule is CCC1=NN2c3ccccc3SCC2(C)C1. The Morgan fingerprint density at radius 1 is 1.44 bits per heavy atom. The van der Waals surface area contributed by atoms with Gasteiger partial charge in [0.25, 0.3) is 0 Å². The normalized spacial score (nSPS) is 27.4. The summed E-state index contributed by atoms with van der Waals surface area (Å²) in [5.74, 6) is 1.14. The maximum atomic E-state index is 4.78. The summed E-state index contributed by atoms with van der Waals surface area (Å²) in [6, 6.07) is 8.58. The third-order valence-corrected chi connectivity index (χ3v) is 4.80. The molecule has 1 unspecified atom stereocenters. The van der Waals surface area contributed by atoms with Crippen LogP contribution in [0.5, 0.6) is 0 Å². The van der Waals surface area contributed by atoms with Gasteiger partial charge in [-0.15, -0.1) is 11.8 Å². The monoisotopic (exact) mass is 232 g/mol. The van der Waals surface area contributed by atoms with E-state index in [4.69, 9.17) is 5.10 Å². The average Bonchev–Trinajstić information content (AvgIpc) is 2.66. The van der Waals surface area contributed by atoms with Crippen LogP contribution in [0.2, 0.25) is 0 Å². The summed E-state index contributed by atoms with van der Waals surface area (Å²) in [5, 5.41) is 7.03. The maximum Gasteiger partial charge on any atom is 0.0753 e. The van der Waals surface area contributed by atoms with Gasteiger partial charge in [-0.1, -0.05) is 19.1 Å². The zero-order chi connectivity index (χ0) is 11.2. The zero-order valence-electron chi connectivity index (χ0n) is 9.73. The summed E-state index contributed by atoms with van der Waals surface area (Å²) in [7, 11) is 0. The number of hydrogen-bond donors (Lipinski definition) is 0. The van der Waals surface area contributed by atoms with Gasteiger partial charge in [0.05, 0.1) is 11.2 Å². The van der Waals surface area contributed by atoms with Gasteiger partial charge in [0.15, 0.2) is 0 Å². The van der Waals surface area contributed by atoms with E-state index in [2.05, 4.69) is 43.1 Å². The van der Waals surface area contributed by atoms with Crippen LogP contribution in [0, 0.1) is 0 Å². The summed E-state index contributed by atoms with van der Waals surface area (Å²) in [6.07, 6.45) is 2.18. The molecule has 0 amide bonds. The Hall–Kier alpha value is -0.960. The van der Waals surface area contributed by atoms with Crippen molar-refractivity contribution in [2.75, 3.05) is 10.8 Å². The van der Waals surface area contributed by atoms with Crippen LogP contribution in [0.4, 0.5) is 5.69 Å². The highest BCUT2D eigenvalue weighted by atomic mass is 32.2. The first-order valence-corrected chi connectivity index (χ1v) is 6.80. The van der Waals surface area contributed by atoms with Gasteiger partial charge in [-0.2, -0.15) is 5.10 Å². The number of fused-ring (bicyclic) bond motifs is 3. The minimum atomic E-state index is 0.199. The standard InChI is InChI=1S/C13H16N2S/c1-3-10-8-13(2)9-16-12-7-5-4-6-11(12)15(13)14-10/h4-7H,3,8-9H2,1-2H3. The second-order valence-electron chi connectivity index (χ2n) is 4.76. The zero-order valence-corrected chi connectivity index (χ0v) is 10.5. The van der Waals surface area contributed by atoms with E-state index < -0.39 is 0 Å². The average molecular weight is 232 g/mol. The molecule has 0 aliphatic carbocycles. The molecule has 3 rings (SSSR count). The summed E-state index contributed by atoms with van der Waals surface area (Å²) < 4.78 is 0. The van der Waals surface area contributed by atoms with Gasteiger partial charge in [0, 0.05) is 22.8 Å². The second-order valence-corrected chi connectivity index (χ2v) is 5.78. The lowest BCUT2D eigenvalue weighted by molar-refractivity contribution is 0.516. The number of anilines is 1. The second kappa shape index (κ2) is 3.52. The van der Waals surface area contributed by atoms with Crippen molar-refractivity contribution in [2.45, 2.75) is 37.1 Å². The molecular weight excluding hydrogens is 216 g/mol. The van der Waals surface area contributed by atoms with E-state index in [0.717, 1.165) is 18.6 Å². The molecule has 0 saturated heterocycles. The third kappa shape index (κ3) is 1.38. The van der Waals surface area contributed by atoms with E-state index in [9.17, 15) is 0 Å². The molecule has 0 aromatic heterocycles. The number of rotatable bonds is 1. The topological polar surface area (TPSA) is 15.6 Å². The minimum Gasteiger partial charge on any atom is -0.257 e. The first-order chi connectivity index (χ1) is 7.73. The largest absolute Gasteiger partial charge is 0.257 e. The molecule has 1 atom stereocenters. The fraction of sp³-hybridized carbons (Fsp3) is 0.462. The Labute approximate surface area is 101 Å². The van der Waals surface area contributed by atoms with Crippen molar-refractivity contribution in [3.8, 4) is 0 Å². The molecule has 1 aromatic rings. The van der Waals surface area contributed by atoms with Crippen molar-refractivity contribution in [1.29, 1.82) is 0 Å². The van der Waals surface area contributed by atoms with Crippen molar-refractivity contribution < 1.29 is 0 Å². The minimum absolute atomic E-state index is 0.199. The van der Waals surface area contributed by atoms with Crippen molar-refractivity contribution in [3.05, 3.63) is 24.3 Å². The molecule has 0 bridgehead atoms. The summed E-state index contributed by atoms with van der Waals surface area (Å²) >= 11 is 1.96. The van der Waals surface area contributed by atoms with Crippen LogP contribution in [0.25, 0.3) is 0 Å². The Balaban J connectivity index is 2.08. The Bertz CT molecular complexity index is 455. The van der Waals surface area contributed by atoms with Crippen LogP contribution in [-0.2, 0) is 0 Å². The Morgan fingerprint density at radius 3 is 3.06 bits per heavy atom. The van der Waals surface area contributed by atoms with Crippen LogP contribution < -0.4 is 5.01 Å². The predicted octanol–water partition coefficient (Wildman–Crippen LogP) is 3.53. The molecule has 0 spiro atoms. The van der Waals surface area contributed by atoms with Crippen molar-refractivity contribution in [1.82, 2.24) is 0 Å². The third-order valence-electron chi connectivity index (χ3n) is 3.38. The molecule has 2 aliphatic rings. The molecule has 2 heterocycles. The lowest BCUT2D eigenvalue weighted by atomic mass is 9.96. The molecule has 0 radical (unpaired) electrons.